The summed E-state index contributed by atoms with van der Waals surface area (Å²) in [6.45, 7) is 2.42. The van der Waals surface area contributed by atoms with Gasteiger partial charge < -0.3 is 15.0 Å². The van der Waals surface area contributed by atoms with Crippen LogP contribution in [0.1, 0.15) is 38.0 Å². The fourth-order valence-corrected chi connectivity index (χ4v) is 5.53. The second-order valence-electron chi connectivity index (χ2n) is 9.76. The van der Waals surface area contributed by atoms with Gasteiger partial charge in [-0.1, -0.05) is 60.2 Å². The maximum absolute atomic E-state index is 12.6. The molecule has 0 unspecified atom stereocenters. The number of hydrazone groups is 1. The zero-order valence-electron chi connectivity index (χ0n) is 23.0. The van der Waals surface area contributed by atoms with Crippen molar-refractivity contribution in [2.75, 3.05) is 17.7 Å². The van der Waals surface area contributed by atoms with E-state index in [4.69, 9.17) is 4.74 Å². The third-order valence-corrected chi connectivity index (χ3v) is 7.84. The average Bonchev–Trinajstić information content (AvgIpc) is 3.38. The lowest BCUT2D eigenvalue weighted by molar-refractivity contribution is -0.128. The van der Waals surface area contributed by atoms with Gasteiger partial charge in [-0.3, -0.25) is 14.4 Å². The summed E-state index contributed by atoms with van der Waals surface area (Å²) in [4.78, 5) is 39.1. The highest BCUT2D eigenvalue weighted by Crippen LogP contribution is 2.39. The molecule has 212 valence electrons. The monoisotopic (exact) mass is 578 g/mol. The van der Waals surface area contributed by atoms with Gasteiger partial charge in [0.05, 0.1) is 12.0 Å². The molecule has 4 aromatic rings. The number of amides is 3. The van der Waals surface area contributed by atoms with Crippen LogP contribution in [0, 0.1) is 6.92 Å². The number of benzene rings is 4. The van der Waals surface area contributed by atoms with Gasteiger partial charge in [-0.2, -0.15) is 5.10 Å². The van der Waals surface area contributed by atoms with Crippen molar-refractivity contribution < 1.29 is 19.1 Å². The van der Waals surface area contributed by atoms with E-state index in [1.165, 1.54) is 6.21 Å². The van der Waals surface area contributed by atoms with Gasteiger partial charge >= 0.3 is 0 Å². The maximum atomic E-state index is 12.6. The van der Waals surface area contributed by atoms with E-state index >= 15 is 0 Å². The molecule has 0 spiro atoms. The second kappa shape index (κ2) is 13.6. The molecule has 0 aromatic heterocycles. The molecular formula is C33H30N4O4S. The number of aryl methyl sites for hydroxylation is 1. The molecule has 1 fully saturated rings. The van der Waals surface area contributed by atoms with E-state index in [1.807, 2.05) is 78.6 Å². The maximum Gasteiger partial charge on any atom is 0.271 e. The van der Waals surface area contributed by atoms with E-state index in [9.17, 15) is 14.4 Å². The predicted molar refractivity (Wildman–Crippen MR) is 165 cm³/mol. The number of rotatable bonds is 10. The van der Waals surface area contributed by atoms with Crippen molar-refractivity contribution in [1.29, 1.82) is 0 Å². The first-order valence-electron chi connectivity index (χ1n) is 13.4. The Morgan fingerprint density at radius 3 is 2.38 bits per heavy atom. The van der Waals surface area contributed by atoms with Crippen molar-refractivity contribution >= 4 is 41.4 Å². The summed E-state index contributed by atoms with van der Waals surface area (Å²) in [5.41, 5.74) is 7.64. The molecule has 8 nitrogen and oxygen atoms in total. The van der Waals surface area contributed by atoms with Crippen LogP contribution in [0.5, 0.6) is 5.75 Å². The van der Waals surface area contributed by atoms with Gasteiger partial charge in [0.1, 0.15) is 11.1 Å². The van der Waals surface area contributed by atoms with Crippen molar-refractivity contribution in [3.63, 3.8) is 0 Å². The van der Waals surface area contributed by atoms with E-state index in [2.05, 4.69) is 15.8 Å². The molecule has 0 saturated carbocycles. The molecular weight excluding hydrogens is 548 g/mol. The van der Waals surface area contributed by atoms with E-state index in [-0.39, 0.29) is 29.7 Å². The number of nitrogens with zero attached hydrogens (tertiary/aromatic N) is 2. The largest absolute Gasteiger partial charge is 0.484 e. The number of thioether (sulfide) groups is 1. The standard InChI is InChI=1S/C33H30N4O4S/c1-23-7-15-28(16-8-23)35-30(38)21-41-29-17-9-24(10-18-29)19-34-36-32(40)26-11-13-27(14-12-26)33-37(31(39)22-42-33)20-25-5-3-2-4-6-25/h2-19,33H,20-22H2,1H3,(H,35,38)(H,36,40)/b34-19-/t33-/m0/s1. The lowest BCUT2D eigenvalue weighted by Crippen LogP contribution is -2.27. The molecule has 2 N–H and O–H groups in total. The fourth-order valence-electron chi connectivity index (χ4n) is 4.34. The van der Waals surface area contributed by atoms with Gasteiger partial charge in [0, 0.05) is 17.8 Å². The molecule has 3 amide bonds. The van der Waals surface area contributed by atoms with Crippen molar-refractivity contribution in [3.8, 4) is 5.75 Å². The number of anilines is 1. The highest BCUT2D eigenvalue weighted by atomic mass is 32.2. The summed E-state index contributed by atoms with van der Waals surface area (Å²) in [5, 5.41) is 6.75. The normalized spacial score (nSPS) is 14.6. The van der Waals surface area contributed by atoms with E-state index in [1.54, 1.807) is 48.2 Å². The fraction of sp³-hybridized carbons (Fsp3) is 0.152. The molecule has 0 radical (unpaired) electrons. The minimum atomic E-state index is -0.339. The third-order valence-electron chi connectivity index (χ3n) is 6.59. The van der Waals surface area contributed by atoms with Crippen molar-refractivity contribution in [3.05, 3.63) is 131 Å². The van der Waals surface area contributed by atoms with Crippen molar-refractivity contribution in [2.45, 2.75) is 18.8 Å². The summed E-state index contributed by atoms with van der Waals surface area (Å²) in [5.74, 6) is 0.493. The zero-order chi connectivity index (χ0) is 29.3. The summed E-state index contributed by atoms with van der Waals surface area (Å²) in [7, 11) is 0. The Labute approximate surface area is 248 Å². The minimum absolute atomic E-state index is 0.0950. The number of nitrogens with one attached hydrogen (secondary N) is 2. The summed E-state index contributed by atoms with van der Waals surface area (Å²) in [6.07, 6.45) is 1.53. The molecule has 9 heteroatoms. The molecule has 1 aliphatic rings. The number of hydrogen-bond acceptors (Lipinski definition) is 6. The van der Waals surface area contributed by atoms with Gasteiger partial charge in [-0.15, -0.1) is 11.8 Å². The van der Waals surface area contributed by atoms with Crippen LogP contribution < -0.4 is 15.5 Å². The van der Waals surface area contributed by atoms with Gasteiger partial charge in [-0.25, -0.2) is 5.43 Å². The molecule has 1 aliphatic heterocycles. The molecule has 1 heterocycles. The molecule has 5 rings (SSSR count). The molecule has 0 bridgehead atoms. The Bertz CT molecular complexity index is 1560. The number of ether oxygens (including phenoxy) is 1. The zero-order valence-corrected chi connectivity index (χ0v) is 23.8. The van der Waals surface area contributed by atoms with Crippen LogP contribution in [0.25, 0.3) is 0 Å². The van der Waals surface area contributed by atoms with Crippen LogP contribution in [-0.4, -0.2) is 41.2 Å². The minimum Gasteiger partial charge on any atom is -0.484 e. The Balaban J connectivity index is 1.09. The first kappa shape index (κ1) is 28.6. The number of carbonyl (C=O) groups excluding carboxylic acids is 3. The molecule has 1 saturated heterocycles. The lowest BCUT2D eigenvalue weighted by atomic mass is 10.1. The van der Waals surface area contributed by atoms with Crippen LogP contribution in [-0.2, 0) is 16.1 Å². The summed E-state index contributed by atoms with van der Waals surface area (Å²) in [6, 6.07) is 31.7. The van der Waals surface area contributed by atoms with Crippen molar-refractivity contribution in [1.82, 2.24) is 10.3 Å². The highest BCUT2D eigenvalue weighted by molar-refractivity contribution is 8.00. The SMILES string of the molecule is Cc1ccc(NC(=O)COc2ccc(/C=N\NC(=O)c3ccc([C@@H]4SCC(=O)N4Cc4ccccc4)cc3)cc2)cc1. The van der Waals surface area contributed by atoms with E-state index in [0.29, 0.717) is 29.3 Å². The molecule has 1 atom stereocenters. The summed E-state index contributed by atoms with van der Waals surface area (Å²) < 4.78 is 5.56. The van der Waals surface area contributed by atoms with E-state index in [0.717, 1.165) is 22.3 Å². The predicted octanol–water partition coefficient (Wildman–Crippen LogP) is 5.55. The second-order valence-corrected chi connectivity index (χ2v) is 10.8. The first-order valence-corrected chi connectivity index (χ1v) is 14.5. The Hall–Kier alpha value is -4.89. The Kier molecular flexibility index (Phi) is 9.30. The smallest absolute Gasteiger partial charge is 0.271 e. The van der Waals surface area contributed by atoms with Crippen LogP contribution >= 0.6 is 11.8 Å². The summed E-state index contributed by atoms with van der Waals surface area (Å²) >= 11 is 1.59. The van der Waals surface area contributed by atoms with E-state index < -0.39 is 0 Å². The molecule has 4 aromatic carbocycles. The van der Waals surface area contributed by atoms with Gasteiger partial charge in [0.25, 0.3) is 11.8 Å². The van der Waals surface area contributed by atoms with Crippen LogP contribution in [0.4, 0.5) is 5.69 Å². The third kappa shape index (κ3) is 7.64. The van der Waals surface area contributed by atoms with Crippen molar-refractivity contribution in [2.24, 2.45) is 5.10 Å². The molecule has 42 heavy (non-hydrogen) atoms. The van der Waals surface area contributed by atoms with Gasteiger partial charge in [-0.05, 0) is 72.1 Å². The number of hydrogen-bond donors (Lipinski definition) is 2. The lowest BCUT2D eigenvalue weighted by Gasteiger charge is -2.24. The first-order chi connectivity index (χ1) is 20.4. The molecule has 0 aliphatic carbocycles. The van der Waals surface area contributed by atoms with Crippen LogP contribution in [0.3, 0.4) is 0 Å². The van der Waals surface area contributed by atoms with Gasteiger partial charge in [0.2, 0.25) is 5.91 Å². The Morgan fingerprint density at radius 1 is 0.952 bits per heavy atom. The van der Waals surface area contributed by atoms with Crippen LogP contribution in [0.15, 0.2) is 108 Å². The van der Waals surface area contributed by atoms with Gasteiger partial charge in [0.15, 0.2) is 6.61 Å². The number of carbonyl (C=O) groups is 3. The Morgan fingerprint density at radius 2 is 1.67 bits per heavy atom. The quantitative estimate of drug-likeness (QED) is 0.190. The van der Waals surface area contributed by atoms with Crippen LogP contribution in [0.2, 0.25) is 0 Å². The highest BCUT2D eigenvalue weighted by Gasteiger charge is 2.32. The topological polar surface area (TPSA) is 100 Å². The average molecular weight is 579 g/mol.